The van der Waals surface area contributed by atoms with E-state index < -0.39 is 32.2 Å². The highest BCUT2D eigenvalue weighted by Crippen LogP contribution is 2.38. The number of amides is 2. The Morgan fingerprint density at radius 3 is 1.65 bits per heavy atom. The van der Waals surface area contributed by atoms with E-state index in [2.05, 4.69) is 53.7 Å². The molecule has 0 radical (unpaired) electrons. The summed E-state index contributed by atoms with van der Waals surface area (Å²) in [6, 6.07) is 6.85. The lowest BCUT2D eigenvalue weighted by Gasteiger charge is -2.33. The van der Waals surface area contributed by atoms with Gasteiger partial charge in [0.25, 0.3) is 11.8 Å². The molecule has 0 unspecified atom stereocenters. The fourth-order valence-corrected chi connectivity index (χ4v) is 6.45. The first-order chi connectivity index (χ1) is 24.2. The Bertz CT molecular complexity index is 1650. The predicted molar refractivity (Wildman–Crippen MR) is 206 cm³/mol. The summed E-state index contributed by atoms with van der Waals surface area (Å²) in [5, 5.41) is 0. The molecular formula is C37H49IN2O10Si. The van der Waals surface area contributed by atoms with E-state index in [0.29, 0.717) is 65.9 Å². The van der Waals surface area contributed by atoms with Gasteiger partial charge in [-0.2, -0.15) is 0 Å². The van der Waals surface area contributed by atoms with Crippen molar-refractivity contribution in [3.8, 4) is 23.0 Å². The normalized spacial score (nSPS) is 16.4. The maximum absolute atomic E-state index is 12.7. The number of benzene rings is 2. The number of nitrogens with zero attached hydrogens (tertiary/aromatic N) is 2. The minimum absolute atomic E-state index is 0.105. The molecule has 0 saturated heterocycles. The van der Waals surface area contributed by atoms with Crippen molar-refractivity contribution in [1.29, 1.82) is 0 Å². The number of rotatable bonds is 12. The molecule has 0 aromatic heterocycles. The van der Waals surface area contributed by atoms with Gasteiger partial charge in [0.1, 0.15) is 19.6 Å². The summed E-state index contributed by atoms with van der Waals surface area (Å²) in [7, 11) is 4.35. The maximum atomic E-state index is 12.7. The fourth-order valence-electron chi connectivity index (χ4n) is 5.28. The number of fused-ring (bicyclic) bond motifs is 2. The van der Waals surface area contributed by atoms with Crippen LogP contribution in [0, 0.1) is 15.0 Å². The second-order valence-corrected chi connectivity index (χ2v) is 19.0. The molecule has 12 nitrogen and oxygen atoms in total. The smallest absolute Gasteiger partial charge is 0.339 e. The molecule has 0 aliphatic carbocycles. The molecule has 278 valence electrons. The van der Waals surface area contributed by atoms with Gasteiger partial charge in [0.05, 0.1) is 36.7 Å². The topological polar surface area (TPSA) is 130 Å². The first-order valence-corrected chi connectivity index (χ1v) is 21.4. The molecule has 0 fully saturated rings. The van der Waals surface area contributed by atoms with Crippen LogP contribution in [0.1, 0.15) is 65.8 Å². The average molecular weight is 837 g/mol. The number of halogens is 1. The SMILES string of the molecule is COCCCCN1C(=O)[C@@H](C)Oc2cc(C#C[Si](C)(C)C)c(C(=O)OC)cc21.COCCCCN1C(=O)[C@@H](C)Oc2cc(I)c(C(=O)OC)cc21. The van der Waals surface area contributed by atoms with E-state index in [1.54, 1.807) is 62.1 Å². The Morgan fingerprint density at radius 2 is 1.20 bits per heavy atom. The van der Waals surface area contributed by atoms with Crippen LogP contribution >= 0.6 is 22.6 Å². The third-order valence-electron chi connectivity index (χ3n) is 7.91. The molecule has 2 heterocycles. The third-order valence-corrected chi connectivity index (χ3v) is 9.68. The second kappa shape index (κ2) is 19.3. The van der Waals surface area contributed by atoms with E-state index in [0.717, 1.165) is 29.3 Å². The van der Waals surface area contributed by atoms with Crippen LogP contribution < -0.4 is 19.3 Å². The molecule has 2 aromatic carbocycles. The molecule has 2 aliphatic rings. The van der Waals surface area contributed by atoms with Crippen molar-refractivity contribution < 1.29 is 47.6 Å². The van der Waals surface area contributed by atoms with Crippen LogP contribution in [0.2, 0.25) is 19.6 Å². The predicted octanol–water partition coefficient (Wildman–Crippen LogP) is 5.86. The Kier molecular flexibility index (Phi) is 15.8. The summed E-state index contributed by atoms with van der Waals surface area (Å²) in [5.41, 5.74) is 5.82. The van der Waals surface area contributed by atoms with Crippen LogP contribution in [0.5, 0.6) is 11.5 Å². The number of esters is 2. The molecule has 2 aromatic rings. The Morgan fingerprint density at radius 1 is 0.745 bits per heavy atom. The van der Waals surface area contributed by atoms with Crippen molar-refractivity contribution in [2.24, 2.45) is 0 Å². The summed E-state index contributed by atoms with van der Waals surface area (Å²) in [5.74, 6) is 3.17. The van der Waals surface area contributed by atoms with Crippen LogP contribution in [0.25, 0.3) is 0 Å². The van der Waals surface area contributed by atoms with Crippen molar-refractivity contribution in [2.75, 3.05) is 64.5 Å². The van der Waals surface area contributed by atoms with Gasteiger partial charge in [-0.1, -0.05) is 25.6 Å². The summed E-state index contributed by atoms with van der Waals surface area (Å²) < 4.78 is 32.1. The van der Waals surface area contributed by atoms with Crippen LogP contribution in [0.4, 0.5) is 11.4 Å². The lowest BCUT2D eigenvalue weighted by molar-refractivity contribution is -0.126. The molecule has 4 rings (SSSR count). The summed E-state index contributed by atoms with van der Waals surface area (Å²) >= 11 is 2.06. The van der Waals surface area contributed by atoms with Crippen molar-refractivity contribution in [2.45, 2.75) is 71.4 Å². The quantitative estimate of drug-likeness (QED) is 0.0843. The van der Waals surface area contributed by atoms with E-state index in [4.69, 9.17) is 28.4 Å². The zero-order valence-corrected chi connectivity index (χ0v) is 34.1. The first-order valence-electron chi connectivity index (χ1n) is 16.8. The van der Waals surface area contributed by atoms with Gasteiger partial charge in [-0.3, -0.25) is 9.59 Å². The first kappa shape index (κ1) is 41.8. The van der Waals surface area contributed by atoms with Crippen molar-refractivity contribution in [1.82, 2.24) is 0 Å². The lowest BCUT2D eigenvalue weighted by Crippen LogP contribution is -2.45. The third kappa shape index (κ3) is 11.2. The zero-order valence-electron chi connectivity index (χ0n) is 31.0. The van der Waals surface area contributed by atoms with Crippen molar-refractivity contribution in [3.63, 3.8) is 0 Å². The minimum Gasteiger partial charge on any atom is -0.479 e. The molecule has 0 N–H and O–H groups in total. The number of carbonyl (C=O) groups is 4. The van der Waals surface area contributed by atoms with Crippen LogP contribution in [-0.2, 0) is 28.5 Å². The largest absolute Gasteiger partial charge is 0.479 e. The van der Waals surface area contributed by atoms with Gasteiger partial charge >= 0.3 is 11.9 Å². The number of methoxy groups -OCH3 is 4. The molecule has 0 bridgehead atoms. The Hall–Kier alpha value is -3.65. The molecular weight excluding hydrogens is 787 g/mol. The van der Waals surface area contributed by atoms with E-state index >= 15 is 0 Å². The van der Waals surface area contributed by atoms with Gasteiger partial charge in [-0.05, 0) is 86.4 Å². The number of carbonyl (C=O) groups excluding carboxylic acids is 4. The van der Waals surface area contributed by atoms with Crippen LogP contribution in [0.15, 0.2) is 24.3 Å². The zero-order chi connectivity index (χ0) is 37.9. The van der Waals surface area contributed by atoms with Gasteiger partial charge in [0.2, 0.25) is 0 Å². The molecule has 51 heavy (non-hydrogen) atoms. The highest BCUT2D eigenvalue weighted by molar-refractivity contribution is 14.1. The minimum atomic E-state index is -1.64. The highest BCUT2D eigenvalue weighted by atomic mass is 127. The number of anilines is 2. The van der Waals surface area contributed by atoms with E-state index in [9.17, 15) is 19.2 Å². The van der Waals surface area contributed by atoms with Gasteiger partial charge in [0.15, 0.2) is 12.2 Å². The van der Waals surface area contributed by atoms with Gasteiger partial charge < -0.3 is 38.2 Å². The molecule has 0 spiro atoms. The van der Waals surface area contributed by atoms with Gasteiger partial charge in [-0.15, -0.1) is 5.54 Å². The van der Waals surface area contributed by atoms with Crippen molar-refractivity contribution >= 4 is 65.8 Å². The standard InChI is InChI=1S/C21H29NO5Si.C16H20INO5/c1-15-20(23)22(10-7-8-11-25-2)18-14-17(21(24)26-3)16(13-19(18)27-15)9-12-28(4,5)6;1-10-15(19)18(6-4-5-7-21-2)13-8-11(16(20)22-3)12(17)9-14(13)23-10/h13-15H,7-8,10-11H2,1-6H3;8-10H,4-7H2,1-3H3/t15-;10-/m11/s1. The lowest BCUT2D eigenvalue weighted by atomic mass is 10.0. The van der Waals surface area contributed by atoms with Gasteiger partial charge in [0, 0.05) is 49.7 Å². The molecule has 14 heteroatoms. The summed E-state index contributed by atoms with van der Waals surface area (Å²) in [6.45, 7) is 12.2. The molecule has 2 amide bonds. The Labute approximate surface area is 315 Å². The monoisotopic (exact) mass is 836 g/mol. The van der Waals surface area contributed by atoms with Crippen LogP contribution in [0.3, 0.4) is 0 Å². The second-order valence-electron chi connectivity index (χ2n) is 13.0. The number of hydrogen-bond donors (Lipinski definition) is 0. The Balaban J connectivity index is 0.000000281. The van der Waals surface area contributed by atoms with Crippen LogP contribution in [-0.4, -0.2) is 98.8 Å². The molecule has 2 atom stereocenters. The highest BCUT2D eigenvalue weighted by Gasteiger charge is 2.34. The maximum Gasteiger partial charge on any atom is 0.339 e. The number of unbranched alkanes of at least 4 members (excludes halogenated alkanes) is 2. The van der Waals surface area contributed by atoms with Gasteiger partial charge in [-0.25, -0.2) is 9.59 Å². The van der Waals surface area contributed by atoms with E-state index in [1.165, 1.54) is 14.2 Å². The molecule has 0 saturated carbocycles. The van der Waals surface area contributed by atoms with Crippen molar-refractivity contribution in [3.05, 3.63) is 44.5 Å². The van der Waals surface area contributed by atoms with E-state index in [1.807, 2.05) is 0 Å². The fraction of sp³-hybridized carbons (Fsp3) is 0.514. The summed E-state index contributed by atoms with van der Waals surface area (Å²) in [6.07, 6.45) is 2.18. The number of hydrogen-bond acceptors (Lipinski definition) is 10. The van der Waals surface area contributed by atoms with E-state index in [-0.39, 0.29) is 11.8 Å². The average Bonchev–Trinajstić information content (AvgIpc) is 3.09. The molecule has 2 aliphatic heterocycles. The summed E-state index contributed by atoms with van der Waals surface area (Å²) in [4.78, 5) is 52.7. The number of ether oxygens (including phenoxy) is 6.